The van der Waals surface area contributed by atoms with Gasteiger partial charge in [-0.3, -0.25) is 10.1 Å². The van der Waals surface area contributed by atoms with Gasteiger partial charge in [0.15, 0.2) is 0 Å². The Labute approximate surface area is 146 Å². The molecule has 2 aromatic rings. The summed E-state index contributed by atoms with van der Waals surface area (Å²) in [5.74, 6) is 0.656. The molecule has 8 nitrogen and oxygen atoms in total. The molecule has 0 unspecified atom stereocenters. The van der Waals surface area contributed by atoms with Crippen molar-refractivity contribution in [2.75, 3.05) is 42.9 Å². The SMILES string of the molecule is CCN1CCN(c2ncnc(NCc3ccccc3)c2[N+](=O)[O-])CC1. The van der Waals surface area contributed by atoms with E-state index in [0.29, 0.717) is 12.4 Å². The van der Waals surface area contributed by atoms with Crippen molar-refractivity contribution in [3.8, 4) is 0 Å². The Kier molecular flexibility index (Phi) is 5.39. The number of anilines is 2. The molecule has 0 spiro atoms. The Morgan fingerprint density at radius 2 is 1.88 bits per heavy atom. The fourth-order valence-electron chi connectivity index (χ4n) is 2.96. The minimum Gasteiger partial charge on any atom is -0.360 e. The van der Waals surface area contributed by atoms with Crippen LogP contribution in [-0.2, 0) is 6.54 Å². The first kappa shape index (κ1) is 17.1. The average molecular weight is 342 g/mol. The van der Waals surface area contributed by atoms with Gasteiger partial charge >= 0.3 is 5.69 Å². The van der Waals surface area contributed by atoms with Crippen LogP contribution in [0.3, 0.4) is 0 Å². The van der Waals surface area contributed by atoms with Gasteiger partial charge in [0, 0.05) is 32.7 Å². The predicted octanol–water partition coefficient (Wildman–Crippen LogP) is 2.14. The molecule has 1 aromatic carbocycles. The fraction of sp³-hybridized carbons (Fsp3) is 0.412. The normalized spacial score (nSPS) is 15.2. The molecule has 0 saturated carbocycles. The highest BCUT2D eigenvalue weighted by atomic mass is 16.6. The maximum atomic E-state index is 11.7. The van der Waals surface area contributed by atoms with E-state index in [-0.39, 0.29) is 11.5 Å². The van der Waals surface area contributed by atoms with Crippen molar-refractivity contribution >= 4 is 17.3 Å². The van der Waals surface area contributed by atoms with Crippen LogP contribution < -0.4 is 10.2 Å². The van der Waals surface area contributed by atoms with Gasteiger partial charge in [0.2, 0.25) is 11.6 Å². The van der Waals surface area contributed by atoms with Crippen molar-refractivity contribution in [1.29, 1.82) is 0 Å². The van der Waals surface area contributed by atoms with E-state index in [2.05, 4.69) is 27.1 Å². The lowest BCUT2D eigenvalue weighted by Crippen LogP contribution is -2.46. The topological polar surface area (TPSA) is 87.4 Å². The second-order valence-corrected chi connectivity index (χ2v) is 5.91. The van der Waals surface area contributed by atoms with Crippen LogP contribution in [0.1, 0.15) is 12.5 Å². The smallest absolute Gasteiger partial charge is 0.353 e. The molecule has 0 atom stereocenters. The molecule has 25 heavy (non-hydrogen) atoms. The number of hydrogen-bond donors (Lipinski definition) is 1. The van der Waals surface area contributed by atoms with E-state index in [4.69, 9.17) is 0 Å². The third-order valence-corrected chi connectivity index (χ3v) is 4.41. The Balaban J connectivity index is 1.81. The van der Waals surface area contributed by atoms with E-state index < -0.39 is 4.92 Å². The van der Waals surface area contributed by atoms with Gasteiger partial charge in [-0.05, 0) is 12.1 Å². The summed E-state index contributed by atoms with van der Waals surface area (Å²) >= 11 is 0. The molecule has 0 radical (unpaired) electrons. The summed E-state index contributed by atoms with van der Waals surface area (Å²) in [4.78, 5) is 23.9. The number of nitrogens with zero attached hydrogens (tertiary/aromatic N) is 5. The Bertz CT molecular complexity index is 716. The summed E-state index contributed by atoms with van der Waals surface area (Å²) in [6.07, 6.45) is 1.39. The van der Waals surface area contributed by atoms with Crippen LogP contribution in [0, 0.1) is 10.1 Å². The molecular weight excluding hydrogens is 320 g/mol. The molecule has 1 aliphatic rings. The van der Waals surface area contributed by atoms with Crippen LogP contribution in [0.4, 0.5) is 17.3 Å². The summed E-state index contributed by atoms with van der Waals surface area (Å²) in [7, 11) is 0. The number of nitrogens with one attached hydrogen (secondary N) is 1. The molecule has 3 rings (SSSR count). The molecule has 1 saturated heterocycles. The molecule has 0 amide bonds. The molecule has 1 aromatic heterocycles. The second kappa shape index (κ2) is 7.89. The third-order valence-electron chi connectivity index (χ3n) is 4.41. The Hall–Kier alpha value is -2.74. The highest BCUT2D eigenvalue weighted by molar-refractivity contribution is 5.70. The quantitative estimate of drug-likeness (QED) is 0.635. The number of piperazine rings is 1. The monoisotopic (exact) mass is 342 g/mol. The third kappa shape index (κ3) is 4.03. The molecule has 132 valence electrons. The Morgan fingerprint density at radius 1 is 1.16 bits per heavy atom. The lowest BCUT2D eigenvalue weighted by Gasteiger charge is -2.34. The predicted molar refractivity (Wildman–Crippen MR) is 96.8 cm³/mol. The van der Waals surface area contributed by atoms with Crippen molar-refractivity contribution in [3.63, 3.8) is 0 Å². The van der Waals surface area contributed by atoms with Crippen molar-refractivity contribution in [2.24, 2.45) is 0 Å². The molecule has 1 fully saturated rings. The molecule has 8 heteroatoms. The van der Waals surface area contributed by atoms with Crippen molar-refractivity contribution < 1.29 is 4.92 Å². The zero-order valence-corrected chi connectivity index (χ0v) is 14.3. The van der Waals surface area contributed by atoms with Gasteiger partial charge in [-0.1, -0.05) is 37.3 Å². The van der Waals surface area contributed by atoms with Gasteiger partial charge in [0.25, 0.3) is 0 Å². The van der Waals surface area contributed by atoms with Crippen LogP contribution in [0.25, 0.3) is 0 Å². The van der Waals surface area contributed by atoms with Crippen molar-refractivity contribution in [3.05, 3.63) is 52.3 Å². The number of likely N-dealkylation sites (N-methyl/N-ethyl adjacent to an activating group) is 1. The van der Waals surface area contributed by atoms with Crippen LogP contribution in [-0.4, -0.2) is 52.5 Å². The second-order valence-electron chi connectivity index (χ2n) is 5.91. The minimum atomic E-state index is -0.394. The molecule has 2 heterocycles. The van der Waals surface area contributed by atoms with E-state index in [1.54, 1.807) is 0 Å². The van der Waals surface area contributed by atoms with Crippen LogP contribution in [0.5, 0.6) is 0 Å². The fourth-order valence-corrected chi connectivity index (χ4v) is 2.96. The van der Waals surface area contributed by atoms with Gasteiger partial charge in [0.05, 0.1) is 4.92 Å². The molecule has 1 aliphatic heterocycles. The summed E-state index contributed by atoms with van der Waals surface area (Å²) in [5.41, 5.74) is 0.983. The van der Waals surface area contributed by atoms with E-state index >= 15 is 0 Å². The van der Waals surface area contributed by atoms with Crippen LogP contribution in [0.15, 0.2) is 36.7 Å². The van der Waals surface area contributed by atoms with E-state index in [0.717, 1.165) is 38.3 Å². The van der Waals surface area contributed by atoms with E-state index in [1.807, 2.05) is 35.2 Å². The first-order chi connectivity index (χ1) is 12.2. The summed E-state index contributed by atoms with van der Waals surface area (Å²) in [6.45, 7) is 6.79. The van der Waals surface area contributed by atoms with E-state index in [9.17, 15) is 10.1 Å². The summed E-state index contributed by atoms with van der Waals surface area (Å²) < 4.78 is 0. The summed E-state index contributed by atoms with van der Waals surface area (Å²) in [6, 6.07) is 9.73. The van der Waals surface area contributed by atoms with E-state index in [1.165, 1.54) is 6.33 Å². The van der Waals surface area contributed by atoms with Gasteiger partial charge in [-0.15, -0.1) is 0 Å². The molecular formula is C17H22N6O2. The highest BCUT2D eigenvalue weighted by Crippen LogP contribution is 2.32. The maximum absolute atomic E-state index is 11.7. The Morgan fingerprint density at radius 3 is 2.52 bits per heavy atom. The lowest BCUT2D eigenvalue weighted by molar-refractivity contribution is -0.383. The minimum absolute atomic E-state index is 0.0524. The molecule has 0 aliphatic carbocycles. The van der Waals surface area contributed by atoms with Crippen LogP contribution in [0.2, 0.25) is 0 Å². The van der Waals surface area contributed by atoms with Gasteiger partial charge in [-0.25, -0.2) is 9.97 Å². The largest absolute Gasteiger partial charge is 0.360 e. The van der Waals surface area contributed by atoms with Crippen molar-refractivity contribution in [1.82, 2.24) is 14.9 Å². The van der Waals surface area contributed by atoms with Crippen LogP contribution >= 0.6 is 0 Å². The zero-order chi connectivity index (χ0) is 17.6. The number of rotatable bonds is 6. The average Bonchev–Trinajstić information content (AvgIpc) is 2.66. The first-order valence-electron chi connectivity index (χ1n) is 8.43. The highest BCUT2D eigenvalue weighted by Gasteiger charge is 2.28. The zero-order valence-electron chi connectivity index (χ0n) is 14.3. The summed E-state index contributed by atoms with van der Waals surface area (Å²) in [5, 5.41) is 14.7. The number of benzene rings is 1. The number of aromatic nitrogens is 2. The standard InChI is InChI=1S/C17H22N6O2/c1-2-21-8-10-22(11-9-21)17-15(23(24)25)16(19-13-20-17)18-12-14-6-4-3-5-7-14/h3-7,13H,2,8-12H2,1H3,(H,18,19,20). The maximum Gasteiger partial charge on any atom is 0.353 e. The first-order valence-corrected chi connectivity index (χ1v) is 8.43. The van der Waals surface area contributed by atoms with Crippen molar-refractivity contribution in [2.45, 2.75) is 13.5 Å². The van der Waals surface area contributed by atoms with Gasteiger partial charge in [-0.2, -0.15) is 0 Å². The number of nitro groups is 1. The number of hydrogen-bond acceptors (Lipinski definition) is 7. The van der Waals surface area contributed by atoms with Gasteiger partial charge < -0.3 is 15.1 Å². The molecule has 0 bridgehead atoms. The molecule has 1 N–H and O–H groups in total. The van der Waals surface area contributed by atoms with Gasteiger partial charge in [0.1, 0.15) is 6.33 Å². The lowest BCUT2D eigenvalue weighted by atomic mass is 10.2.